The van der Waals surface area contributed by atoms with Gasteiger partial charge in [-0.3, -0.25) is 9.59 Å². The van der Waals surface area contributed by atoms with Crippen molar-refractivity contribution in [3.8, 4) is 0 Å². The molecule has 25 heavy (non-hydrogen) atoms. The van der Waals surface area contributed by atoms with Crippen LogP contribution in [0.25, 0.3) is 0 Å². The molecule has 8 heteroatoms. The molecule has 148 valence electrons. The van der Waals surface area contributed by atoms with Crippen LogP contribution in [0, 0.1) is 5.41 Å². The zero-order chi connectivity index (χ0) is 19.0. The van der Waals surface area contributed by atoms with Crippen molar-refractivity contribution < 1.29 is 23.8 Å². The lowest BCUT2D eigenvalue weighted by Gasteiger charge is -2.17. The topological polar surface area (TPSA) is 85.9 Å². The number of thiol groups is 1. The van der Waals surface area contributed by atoms with E-state index in [9.17, 15) is 9.59 Å². The van der Waals surface area contributed by atoms with Crippen LogP contribution in [-0.2, 0) is 23.8 Å². The van der Waals surface area contributed by atoms with Crippen LogP contribution >= 0.6 is 12.6 Å². The zero-order valence-electron chi connectivity index (χ0n) is 15.8. The molecule has 2 amide bonds. The average Bonchev–Trinajstić information content (AvgIpc) is 2.55. The Balaban J connectivity index is 3.22. The highest BCUT2D eigenvalue weighted by atomic mass is 32.1. The first-order valence-electron chi connectivity index (χ1n) is 8.77. The van der Waals surface area contributed by atoms with Gasteiger partial charge in [-0.05, 0) is 12.2 Å². The predicted octanol–water partition coefficient (Wildman–Crippen LogP) is 1.02. The molecule has 0 aliphatic heterocycles. The van der Waals surface area contributed by atoms with E-state index >= 15 is 0 Å². The first-order valence-corrected chi connectivity index (χ1v) is 9.40. The Kier molecular flexibility index (Phi) is 14.9. The van der Waals surface area contributed by atoms with Crippen molar-refractivity contribution in [1.82, 2.24) is 10.6 Å². The quantitative estimate of drug-likeness (QED) is 0.293. The summed E-state index contributed by atoms with van der Waals surface area (Å²) in [6, 6.07) is 0. The number of carbonyl (C=O) groups is 2. The molecule has 0 bridgehead atoms. The molecule has 0 radical (unpaired) electrons. The third-order valence-electron chi connectivity index (χ3n) is 3.09. The summed E-state index contributed by atoms with van der Waals surface area (Å²) < 4.78 is 16.1. The molecule has 0 aromatic rings. The second kappa shape index (κ2) is 15.4. The number of hydrogen-bond acceptors (Lipinski definition) is 6. The zero-order valence-corrected chi connectivity index (χ0v) is 16.7. The Bertz CT molecular complexity index is 361. The van der Waals surface area contributed by atoms with E-state index in [0.717, 1.165) is 12.2 Å². The van der Waals surface area contributed by atoms with Crippen LogP contribution < -0.4 is 10.6 Å². The van der Waals surface area contributed by atoms with Crippen molar-refractivity contribution in [2.75, 3.05) is 58.5 Å². The molecule has 0 atom stereocenters. The second-order valence-corrected chi connectivity index (χ2v) is 6.97. The number of hydrogen-bond donors (Lipinski definition) is 3. The highest BCUT2D eigenvalue weighted by Gasteiger charge is 2.20. The molecule has 0 fully saturated rings. The van der Waals surface area contributed by atoms with Crippen LogP contribution in [0.4, 0.5) is 0 Å². The van der Waals surface area contributed by atoms with Gasteiger partial charge in [-0.15, -0.1) is 0 Å². The van der Waals surface area contributed by atoms with E-state index in [1.807, 2.05) is 20.8 Å². The van der Waals surface area contributed by atoms with Gasteiger partial charge in [0.2, 0.25) is 11.8 Å². The lowest BCUT2D eigenvalue weighted by Crippen LogP contribution is -2.36. The Morgan fingerprint density at radius 1 is 0.840 bits per heavy atom. The van der Waals surface area contributed by atoms with Crippen LogP contribution in [0.1, 0.15) is 33.6 Å². The predicted molar refractivity (Wildman–Crippen MR) is 101 cm³/mol. The molecule has 0 aliphatic carbocycles. The summed E-state index contributed by atoms with van der Waals surface area (Å²) in [6.07, 6.45) is 1.29. The summed E-state index contributed by atoms with van der Waals surface area (Å²) in [6.45, 7) is 9.49. The van der Waals surface area contributed by atoms with Crippen molar-refractivity contribution in [3.63, 3.8) is 0 Å². The lowest BCUT2D eigenvalue weighted by molar-refractivity contribution is -0.128. The van der Waals surface area contributed by atoms with Gasteiger partial charge in [0.05, 0.1) is 39.6 Å². The van der Waals surface area contributed by atoms with E-state index in [2.05, 4.69) is 23.3 Å². The summed E-state index contributed by atoms with van der Waals surface area (Å²) in [4.78, 5) is 22.9. The maximum Gasteiger partial charge on any atom is 0.225 e. The van der Waals surface area contributed by atoms with Gasteiger partial charge in [0.1, 0.15) is 0 Å². The molecule has 0 aliphatic rings. The fourth-order valence-electron chi connectivity index (χ4n) is 1.63. The van der Waals surface area contributed by atoms with Gasteiger partial charge in [-0.1, -0.05) is 20.8 Å². The Labute approximate surface area is 156 Å². The lowest BCUT2D eigenvalue weighted by atomic mass is 9.96. The summed E-state index contributed by atoms with van der Waals surface area (Å²) in [5.74, 6) is 0.767. The van der Waals surface area contributed by atoms with Gasteiger partial charge in [-0.25, -0.2) is 0 Å². The van der Waals surface area contributed by atoms with E-state index in [1.54, 1.807) is 0 Å². The van der Waals surface area contributed by atoms with E-state index in [0.29, 0.717) is 59.2 Å². The van der Waals surface area contributed by atoms with Gasteiger partial charge in [0.15, 0.2) is 0 Å². The van der Waals surface area contributed by atoms with Gasteiger partial charge in [-0.2, -0.15) is 12.6 Å². The second-order valence-electron chi connectivity index (χ2n) is 6.52. The van der Waals surface area contributed by atoms with E-state index < -0.39 is 0 Å². The summed E-state index contributed by atoms with van der Waals surface area (Å²) in [5, 5.41) is 5.59. The SMILES string of the molecule is CC(C)(C)C(=O)NCCOCCOCCOCCNC(=O)CCCS. The molecular formula is C17H34N2O5S. The minimum atomic E-state index is -0.377. The Hall–Kier alpha value is -0.830. The van der Waals surface area contributed by atoms with Gasteiger partial charge >= 0.3 is 0 Å². The van der Waals surface area contributed by atoms with Crippen molar-refractivity contribution in [2.45, 2.75) is 33.6 Å². The van der Waals surface area contributed by atoms with Gasteiger partial charge < -0.3 is 24.8 Å². The average molecular weight is 379 g/mol. The molecule has 0 aromatic carbocycles. The maximum atomic E-state index is 11.6. The molecule has 0 heterocycles. The smallest absolute Gasteiger partial charge is 0.225 e. The Morgan fingerprint density at radius 3 is 1.80 bits per heavy atom. The fraction of sp³-hybridized carbons (Fsp3) is 0.882. The molecule has 0 rings (SSSR count). The molecule has 7 nitrogen and oxygen atoms in total. The van der Waals surface area contributed by atoms with Crippen molar-refractivity contribution in [2.24, 2.45) is 5.41 Å². The first kappa shape index (κ1) is 24.2. The molecule has 0 aromatic heterocycles. The van der Waals surface area contributed by atoms with Crippen LogP contribution in [-0.4, -0.2) is 70.3 Å². The first-order chi connectivity index (χ1) is 11.9. The number of carbonyl (C=O) groups excluding carboxylic acids is 2. The van der Waals surface area contributed by atoms with Crippen molar-refractivity contribution >= 4 is 24.4 Å². The highest BCUT2D eigenvalue weighted by molar-refractivity contribution is 7.80. The van der Waals surface area contributed by atoms with Crippen molar-refractivity contribution in [1.29, 1.82) is 0 Å². The molecule has 0 saturated heterocycles. The number of nitrogens with one attached hydrogen (secondary N) is 2. The fourth-order valence-corrected chi connectivity index (χ4v) is 1.79. The van der Waals surface area contributed by atoms with Crippen LogP contribution in [0.15, 0.2) is 0 Å². The minimum Gasteiger partial charge on any atom is -0.377 e. The Morgan fingerprint density at radius 2 is 1.32 bits per heavy atom. The largest absolute Gasteiger partial charge is 0.377 e. The van der Waals surface area contributed by atoms with Gasteiger partial charge in [0, 0.05) is 24.9 Å². The normalized spacial score (nSPS) is 11.4. The summed E-state index contributed by atoms with van der Waals surface area (Å²) >= 11 is 4.06. The summed E-state index contributed by atoms with van der Waals surface area (Å²) in [7, 11) is 0. The third kappa shape index (κ3) is 16.4. The van der Waals surface area contributed by atoms with E-state index in [-0.39, 0.29) is 17.2 Å². The van der Waals surface area contributed by atoms with Crippen molar-refractivity contribution in [3.05, 3.63) is 0 Å². The van der Waals surface area contributed by atoms with Crippen LogP contribution in [0.5, 0.6) is 0 Å². The standard InChI is InChI=1S/C17H34N2O5S/c1-17(2,3)16(21)19-7-9-23-11-13-24-12-10-22-8-6-18-15(20)5-4-14-25/h25H,4-14H2,1-3H3,(H,18,20)(H,19,21). The monoisotopic (exact) mass is 378 g/mol. The van der Waals surface area contributed by atoms with Crippen LogP contribution in [0.2, 0.25) is 0 Å². The van der Waals surface area contributed by atoms with Crippen LogP contribution in [0.3, 0.4) is 0 Å². The minimum absolute atomic E-state index is 0.0161. The number of amides is 2. The number of ether oxygens (including phenoxy) is 3. The van der Waals surface area contributed by atoms with E-state index in [1.165, 1.54) is 0 Å². The van der Waals surface area contributed by atoms with Gasteiger partial charge in [0.25, 0.3) is 0 Å². The third-order valence-corrected chi connectivity index (χ3v) is 3.40. The summed E-state index contributed by atoms with van der Waals surface area (Å²) in [5.41, 5.74) is -0.377. The van der Waals surface area contributed by atoms with E-state index in [4.69, 9.17) is 14.2 Å². The highest BCUT2D eigenvalue weighted by Crippen LogP contribution is 2.11. The maximum absolute atomic E-state index is 11.6. The molecule has 2 N–H and O–H groups in total. The molecule has 0 saturated carbocycles. The molecule has 0 spiro atoms. The number of rotatable bonds is 15. The molecular weight excluding hydrogens is 344 g/mol. The molecule has 0 unspecified atom stereocenters.